The van der Waals surface area contributed by atoms with E-state index in [9.17, 15) is 22.7 Å². The van der Waals surface area contributed by atoms with Crippen molar-refractivity contribution in [3.05, 3.63) is 77.8 Å². The lowest BCUT2D eigenvalue weighted by Gasteiger charge is -2.24. The second-order valence-electron chi connectivity index (χ2n) is 6.96. The van der Waals surface area contributed by atoms with Crippen LogP contribution in [0, 0.1) is 5.82 Å². The monoisotopic (exact) mass is 414 g/mol. The minimum atomic E-state index is -3.85. The Morgan fingerprint density at radius 2 is 1.90 bits per heavy atom. The molecule has 1 aromatic heterocycles. The van der Waals surface area contributed by atoms with Crippen molar-refractivity contribution >= 4 is 27.0 Å². The molecule has 0 bridgehead atoms. The summed E-state index contributed by atoms with van der Waals surface area (Å²) in [6.07, 6.45) is 3.43. The van der Waals surface area contributed by atoms with Gasteiger partial charge in [-0.3, -0.25) is 0 Å². The van der Waals surface area contributed by atoms with Crippen molar-refractivity contribution in [2.24, 2.45) is 0 Å². The first kappa shape index (κ1) is 19.2. The Kier molecular flexibility index (Phi) is 4.87. The second-order valence-corrected chi connectivity index (χ2v) is 8.78. The van der Waals surface area contributed by atoms with E-state index in [1.807, 2.05) is 6.08 Å². The third-order valence-electron chi connectivity index (χ3n) is 5.03. The molecule has 0 atom stereocenters. The van der Waals surface area contributed by atoms with E-state index in [2.05, 4.69) is 0 Å². The highest BCUT2D eigenvalue weighted by Gasteiger charge is 2.23. The van der Waals surface area contributed by atoms with Crippen LogP contribution in [0.2, 0.25) is 0 Å². The van der Waals surface area contributed by atoms with Gasteiger partial charge in [-0.15, -0.1) is 0 Å². The zero-order chi connectivity index (χ0) is 20.6. The van der Waals surface area contributed by atoms with Crippen LogP contribution in [-0.2, 0) is 16.4 Å². The summed E-state index contributed by atoms with van der Waals surface area (Å²) >= 11 is 0. The lowest BCUT2D eigenvalue weighted by Crippen LogP contribution is -2.34. The molecule has 0 saturated carbocycles. The number of carboxylic acid groups (broad SMARTS) is 1. The van der Waals surface area contributed by atoms with Crippen LogP contribution in [0.1, 0.15) is 12.0 Å². The molecule has 1 aliphatic heterocycles. The first-order chi connectivity index (χ1) is 13.9. The number of fused-ring (bicyclic) bond motifs is 1. The highest BCUT2D eigenvalue weighted by Crippen LogP contribution is 2.29. The van der Waals surface area contributed by atoms with Gasteiger partial charge in [0.25, 0.3) is 10.0 Å². The van der Waals surface area contributed by atoms with Gasteiger partial charge in [-0.2, -0.15) is 0 Å². The van der Waals surface area contributed by atoms with E-state index in [1.54, 1.807) is 18.2 Å². The van der Waals surface area contributed by atoms with Crippen molar-refractivity contribution < 1.29 is 22.7 Å². The standard InChI is InChI=1S/C21H19FN2O4S/c22-17-8-9-20-19(12-17)16(11-15-5-4-10-23(13-15)21(25)26)14-24(20)29(27,28)18-6-2-1-3-7-18/h1-3,5-9,12,14H,4,10-11,13H2,(H,25,26). The summed E-state index contributed by atoms with van der Waals surface area (Å²) in [5, 5.41) is 9.73. The maximum absolute atomic E-state index is 13.9. The normalized spacial score (nSPS) is 14.8. The summed E-state index contributed by atoms with van der Waals surface area (Å²) in [7, 11) is -3.85. The van der Waals surface area contributed by atoms with Crippen molar-refractivity contribution in [1.82, 2.24) is 8.87 Å². The molecule has 4 rings (SSSR count). The maximum Gasteiger partial charge on any atom is 0.407 e. The van der Waals surface area contributed by atoms with Gasteiger partial charge in [0.05, 0.1) is 10.4 Å². The number of amides is 1. The number of aromatic nitrogens is 1. The van der Waals surface area contributed by atoms with Gasteiger partial charge in [0.1, 0.15) is 5.82 Å². The topological polar surface area (TPSA) is 79.6 Å². The molecule has 0 spiro atoms. The fraction of sp³-hybridized carbons (Fsp3) is 0.190. The molecule has 6 nitrogen and oxygen atoms in total. The molecule has 0 radical (unpaired) electrons. The number of nitrogens with zero attached hydrogens (tertiary/aromatic N) is 2. The van der Waals surface area contributed by atoms with Gasteiger partial charge < -0.3 is 10.0 Å². The van der Waals surface area contributed by atoms with E-state index in [0.717, 1.165) is 5.57 Å². The fourth-order valence-corrected chi connectivity index (χ4v) is 5.05. The van der Waals surface area contributed by atoms with Gasteiger partial charge in [-0.25, -0.2) is 21.6 Å². The molecule has 3 aromatic rings. The van der Waals surface area contributed by atoms with Crippen LogP contribution in [0.15, 0.2) is 71.3 Å². The Morgan fingerprint density at radius 3 is 2.62 bits per heavy atom. The molecule has 1 amide bonds. The first-order valence-electron chi connectivity index (χ1n) is 9.12. The van der Waals surface area contributed by atoms with Crippen molar-refractivity contribution in [2.75, 3.05) is 13.1 Å². The average molecular weight is 414 g/mol. The van der Waals surface area contributed by atoms with Crippen LogP contribution in [-0.4, -0.2) is 41.6 Å². The number of carbonyl (C=O) groups is 1. The van der Waals surface area contributed by atoms with E-state index in [-0.39, 0.29) is 11.4 Å². The molecule has 2 heterocycles. The van der Waals surface area contributed by atoms with Gasteiger partial charge in [-0.05, 0) is 48.7 Å². The molecule has 29 heavy (non-hydrogen) atoms. The van der Waals surface area contributed by atoms with Gasteiger partial charge in [0, 0.05) is 24.7 Å². The lowest BCUT2D eigenvalue weighted by atomic mass is 10.0. The smallest absolute Gasteiger partial charge is 0.407 e. The molecule has 0 aliphatic carbocycles. The van der Waals surface area contributed by atoms with Gasteiger partial charge in [0.2, 0.25) is 0 Å². The summed E-state index contributed by atoms with van der Waals surface area (Å²) in [5.74, 6) is -0.460. The summed E-state index contributed by atoms with van der Waals surface area (Å²) in [4.78, 5) is 12.7. The van der Waals surface area contributed by atoms with Crippen LogP contribution in [0.4, 0.5) is 9.18 Å². The van der Waals surface area contributed by atoms with Crippen LogP contribution in [0.5, 0.6) is 0 Å². The van der Waals surface area contributed by atoms with E-state index in [1.165, 1.54) is 45.4 Å². The van der Waals surface area contributed by atoms with E-state index >= 15 is 0 Å². The van der Waals surface area contributed by atoms with Crippen molar-refractivity contribution in [3.8, 4) is 0 Å². The number of hydrogen-bond acceptors (Lipinski definition) is 3. The van der Waals surface area contributed by atoms with Gasteiger partial charge >= 0.3 is 6.09 Å². The predicted molar refractivity (Wildman–Crippen MR) is 107 cm³/mol. The van der Waals surface area contributed by atoms with Crippen LogP contribution < -0.4 is 0 Å². The Morgan fingerprint density at radius 1 is 1.14 bits per heavy atom. The Labute approximate surface area is 167 Å². The largest absolute Gasteiger partial charge is 0.465 e. The summed E-state index contributed by atoms with van der Waals surface area (Å²) in [6, 6.07) is 12.1. The highest BCUT2D eigenvalue weighted by molar-refractivity contribution is 7.90. The number of hydrogen-bond donors (Lipinski definition) is 1. The first-order valence-corrected chi connectivity index (χ1v) is 10.6. The van der Waals surface area contributed by atoms with Crippen molar-refractivity contribution in [3.63, 3.8) is 0 Å². The summed E-state index contributed by atoms with van der Waals surface area (Å²) < 4.78 is 41.4. The molecule has 8 heteroatoms. The second kappa shape index (κ2) is 7.36. The molecule has 0 unspecified atom stereocenters. The fourth-order valence-electron chi connectivity index (χ4n) is 3.63. The molecule has 1 N–H and O–H groups in total. The molecular weight excluding hydrogens is 395 g/mol. The third-order valence-corrected chi connectivity index (χ3v) is 6.72. The quantitative estimate of drug-likeness (QED) is 0.658. The number of halogens is 1. The Bertz CT molecular complexity index is 1220. The molecule has 2 aromatic carbocycles. The minimum Gasteiger partial charge on any atom is -0.465 e. The van der Waals surface area contributed by atoms with Crippen LogP contribution >= 0.6 is 0 Å². The Balaban J connectivity index is 1.79. The third kappa shape index (κ3) is 3.63. The SMILES string of the molecule is O=C(O)N1CCC=C(Cc2cn(S(=O)(=O)c3ccccc3)c3ccc(F)cc23)C1. The zero-order valence-electron chi connectivity index (χ0n) is 15.5. The molecule has 150 valence electrons. The number of rotatable bonds is 4. The predicted octanol–water partition coefficient (Wildman–Crippen LogP) is 3.87. The average Bonchev–Trinajstić information content (AvgIpc) is 3.07. The van der Waals surface area contributed by atoms with Crippen molar-refractivity contribution in [2.45, 2.75) is 17.7 Å². The zero-order valence-corrected chi connectivity index (χ0v) is 16.3. The van der Waals surface area contributed by atoms with Gasteiger partial charge in [-0.1, -0.05) is 29.8 Å². The van der Waals surface area contributed by atoms with E-state index in [4.69, 9.17) is 0 Å². The molecule has 0 fully saturated rings. The molecule has 1 aliphatic rings. The van der Waals surface area contributed by atoms with E-state index in [0.29, 0.717) is 35.9 Å². The minimum absolute atomic E-state index is 0.140. The molecule has 0 saturated heterocycles. The van der Waals surface area contributed by atoms with Gasteiger partial charge in [0.15, 0.2) is 0 Å². The summed E-state index contributed by atoms with van der Waals surface area (Å²) in [5.41, 5.74) is 1.88. The highest BCUT2D eigenvalue weighted by atomic mass is 32.2. The van der Waals surface area contributed by atoms with Crippen LogP contribution in [0.3, 0.4) is 0 Å². The number of benzene rings is 2. The molecular formula is C21H19FN2O4S. The lowest BCUT2D eigenvalue weighted by molar-refractivity contribution is 0.148. The maximum atomic E-state index is 13.9. The van der Waals surface area contributed by atoms with Crippen LogP contribution in [0.25, 0.3) is 10.9 Å². The Hall–Kier alpha value is -3.13. The van der Waals surface area contributed by atoms with E-state index < -0.39 is 21.9 Å². The summed E-state index contributed by atoms with van der Waals surface area (Å²) in [6.45, 7) is 0.681. The van der Waals surface area contributed by atoms with Crippen molar-refractivity contribution in [1.29, 1.82) is 0 Å².